The van der Waals surface area contributed by atoms with Crippen LogP contribution in [0.25, 0.3) is 10.9 Å². The average Bonchev–Trinajstić information content (AvgIpc) is 2.81. The highest BCUT2D eigenvalue weighted by Crippen LogP contribution is 2.44. The van der Waals surface area contributed by atoms with Crippen molar-refractivity contribution in [2.24, 2.45) is 5.92 Å². The van der Waals surface area contributed by atoms with E-state index in [1.807, 2.05) is 6.08 Å². The Hall–Kier alpha value is -1.54. The van der Waals surface area contributed by atoms with Crippen LogP contribution in [0, 0.1) is 5.92 Å². The van der Waals surface area contributed by atoms with E-state index in [1.54, 1.807) is 5.56 Å². The summed E-state index contributed by atoms with van der Waals surface area (Å²) in [5.74, 6) is 1.50. The van der Waals surface area contributed by atoms with E-state index in [-0.39, 0.29) is 0 Å². The number of likely N-dealkylation sites (N-methyl/N-ethyl adjacent to an activating group) is 1. The quantitative estimate of drug-likeness (QED) is 0.760. The number of likely N-dealkylation sites (tertiary alicyclic amines) is 1. The number of nitrogens with zero attached hydrogens (tertiary/aromatic N) is 2. The lowest BCUT2D eigenvalue weighted by Crippen LogP contribution is -2.47. The van der Waals surface area contributed by atoms with Crippen LogP contribution in [0.5, 0.6) is 0 Å². The van der Waals surface area contributed by atoms with Gasteiger partial charge in [-0.05, 0) is 43.0 Å². The predicted molar refractivity (Wildman–Crippen MR) is 88.8 cm³/mol. The third kappa shape index (κ3) is 1.89. The topological polar surface area (TPSA) is 8.17 Å². The molecule has 1 aliphatic heterocycles. The maximum atomic E-state index is 3.90. The van der Waals surface area contributed by atoms with Gasteiger partial charge in [-0.1, -0.05) is 25.1 Å². The smallest absolute Gasteiger partial charge is 0.0489 e. The van der Waals surface area contributed by atoms with Crippen LogP contribution in [0.2, 0.25) is 0 Å². The summed E-state index contributed by atoms with van der Waals surface area (Å²) in [6, 6.07) is 7.55. The Kier molecular flexibility index (Phi) is 2.97. The molecule has 1 saturated heterocycles. The third-order valence-corrected chi connectivity index (χ3v) is 5.46. The van der Waals surface area contributed by atoms with Gasteiger partial charge in [0.2, 0.25) is 0 Å². The van der Waals surface area contributed by atoms with Gasteiger partial charge in [0.15, 0.2) is 0 Å². The molecule has 2 aromatic rings. The minimum Gasteiger partial charge on any atom is -0.343 e. The summed E-state index contributed by atoms with van der Waals surface area (Å²) in [6.45, 7) is 8.44. The standard InChI is InChI=1S/C19H24N2/c1-4-8-21-12-14-10-18-16(9-13(2)11-20(18)3)15-6-5-7-17(21)19(14)15/h4-7,12-13,16,18H,1,8-11H2,2-3H3/t13-,16+,18-/m1/s1. The monoisotopic (exact) mass is 280 g/mol. The van der Waals surface area contributed by atoms with Crippen molar-refractivity contribution in [2.45, 2.75) is 38.3 Å². The molecule has 0 spiro atoms. The van der Waals surface area contributed by atoms with Gasteiger partial charge >= 0.3 is 0 Å². The normalized spacial score (nSPS) is 28.6. The first-order valence-corrected chi connectivity index (χ1v) is 8.10. The van der Waals surface area contributed by atoms with Crippen LogP contribution in [0.3, 0.4) is 0 Å². The Morgan fingerprint density at radius 1 is 1.38 bits per heavy atom. The van der Waals surface area contributed by atoms with E-state index in [2.05, 4.69) is 54.4 Å². The number of fused-ring (bicyclic) bond motifs is 2. The molecule has 3 atom stereocenters. The van der Waals surface area contributed by atoms with E-state index < -0.39 is 0 Å². The molecular weight excluding hydrogens is 256 g/mol. The van der Waals surface area contributed by atoms with Crippen LogP contribution in [0.1, 0.15) is 30.4 Å². The molecule has 0 N–H and O–H groups in total. The minimum atomic E-state index is 0.680. The van der Waals surface area contributed by atoms with Gasteiger partial charge < -0.3 is 9.47 Å². The molecule has 0 bridgehead atoms. The molecule has 1 fully saturated rings. The van der Waals surface area contributed by atoms with E-state index in [1.165, 1.54) is 35.9 Å². The summed E-state index contributed by atoms with van der Waals surface area (Å²) in [4.78, 5) is 2.59. The van der Waals surface area contributed by atoms with Gasteiger partial charge in [-0.3, -0.25) is 0 Å². The van der Waals surface area contributed by atoms with Crippen LogP contribution in [0.4, 0.5) is 0 Å². The van der Waals surface area contributed by atoms with Crippen molar-refractivity contribution in [2.75, 3.05) is 13.6 Å². The highest BCUT2D eigenvalue weighted by atomic mass is 15.1. The number of piperidine rings is 1. The van der Waals surface area contributed by atoms with Crippen molar-refractivity contribution in [3.63, 3.8) is 0 Å². The lowest BCUT2D eigenvalue weighted by atomic mass is 9.73. The second-order valence-corrected chi connectivity index (χ2v) is 7.00. The van der Waals surface area contributed by atoms with Gasteiger partial charge in [0.05, 0.1) is 0 Å². The highest BCUT2D eigenvalue weighted by Gasteiger charge is 2.38. The zero-order chi connectivity index (χ0) is 14.6. The fourth-order valence-corrected chi connectivity index (χ4v) is 4.68. The molecule has 1 aromatic heterocycles. The van der Waals surface area contributed by atoms with Crippen molar-refractivity contribution < 1.29 is 0 Å². The molecule has 2 nitrogen and oxygen atoms in total. The van der Waals surface area contributed by atoms with E-state index in [0.29, 0.717) is 12.0 Å². The summed E-state index contributed by atoms with van der Waals surface area (Å²) in [6.07, 6.45) is 6.89. The first-order valence-electron chi connectivity index (χ1n) is 8.10. The fourth-order valence-electron chi connectivity index (χ4n) is 4.68. The zero-order valence-electron chi connectivity index (χ0n) is 13.0. The molecule has 0 amide bonds. The lowest BCUT2D eigenvalue weighted by molar-refractivity contribution is 0.119. The molecule has 0 unspecified atom stereocenters. The van der Waals surface area contributed by atoms with E-state index in [4.69, 9.17) is 0 Å². The number of rotatable bonds is 2. The van der Waals surface area contributed by atoms with Gasteiger partial charge in [-0.25, -0.2) is 0 Å². The summed E-state index contributed by atoms with van der Waals surface area (Å²) >= 11 is 0. The lowest BCUT2D eigenvalue weighted by Gasteiger charge is -2.44. The van der Waals surface area contributed by atoms with E-state index >= 15 is 0 Å². The van der Waals surface area contributed by atoms with Crippen LogP contribution in [-0.4, -0.2) is 29.1 Å². The summed E-state index contributed by atoms with van der Waals surface area (Å²) in [5.41, 5.74) is 4.51. The van der Waals surface area contributed by atoms with Gasteiger partial charge in [0, 0.05) is 42.1 Å². The molecular formula is C19H24N2. The Morgan fingerprint density at radius 3 is 3.05 bits per heavy atom. The zero-order valence-corrected chi connectivity index (χ0v) is 13.0. The first-order chi connectivity index (χ1) is 10.2. The van der Waals surface area contributed by atoms with Crippen LogP contribution >= 0.6 is 0 Å². The molecule has 1 aliphatic carbocycles. The van der Waals surface area contributed by atoms with Gasteiger partial charge in [-0.15, -0.1) is 6.58 Å². The number of hydrogen-bond donors (Lipinski definition) is 0. The van der Waals surface area contributed by atoms with Gasteiger partial charge in [0.25, 0.3) is 0 Å². The summed E-state index contributed by atoms with van der Waals surface area (Å²) in [5, 5.41) is 1.53. The van der Waals surface area contributed by atoms with Crippen LogP contribution in [-0.2, 0) is 13.0 Å². The summed E-state index contributed by atoms with van der Waals surface area (Å²) in [7, 11) is 2.30. The summed E-state index contributed by atoms with van der Waals surface area (Å²) < 4.78 is 2.36. The number of allylic oxidation sites excluding steroid dienone is 1. The Labute approximate surface area is 127 Å². The molecule has 2 heterocycles. The number of aromatic nitrogens is 1. The van der Waals surface area contributed by atoms with Crippen molar-refractivity contribution in [3.8, 4) is 0 Å². The van der Waals surface area contributed by atoms with Gasteiger partial charge in [0.1, 0.15) is 0 Å². The molecule has 0 radical (unpaired) electrons. The Bertz CT molecular complexity index is 697. The van der Waals surface area contributed by atoms with Crippen LogP contribution in [0.15, 0.2) is 37.1 Å². The predicted octanol–water partition coefficient (Wildman–Crippen LogP) is 3.81. The number of hydrogen-bond acceptors (Lipinski definition) is 1. The highest BCUT2D eigenvalue weighted by molar-refractivity contribution is 5.89. The number of benzene rings is 1. The second-order valence-electron chi connectivity index (χ2n) is 7.00. The fraction of sp³-hybridized carbons (Fsp3) is 0.474. The molecule has 21 heavy (non-hydrogen) atoms. The van der Waals surface area contributed by atoms with Crippen LogP contribution < -0.4 is 0 Å². The van der Waals surface area contributed by atoms with Crippen molar-refractivity contribution in [1.82, 2.24) is 9.47 Å². The van der Waals surface area contributed by atoms with Crippen molar-refractivity contribution in [1.29, 1.82) is 0 Å². The first kappa shape index (κ1) is 13.1. The SMILES string of the molecule is C=CCn1cc2c3c(cccc31)[C@@H]1C[C@@H](C)CN(C)[C@@H]1C2. The van der Waals surface area contributed by atoms with E-state index in [9.17, 15) is 0 Å². The molecule has 2 heteroatoms. The largest absolute Gasteiger partial charge is 0.343 e. The Balaban J connectivity index is 1.90. The maximum absolute atomic E-state index is 3.90. The minimum absolute atomic E-state index is 0.680. The Morgan fingerprint density at radius 2 is 2.24 bits per heavy atom. The average molecular weight is 280 g/mol. The third-order valence-electron chi connectivity index (χ3n) is 5.46. The van der Waals surface area contributed by atoms with E-state index in [0.717, 1.165) is 12.5 Å². The molecule has 4 rings (SSSR count). The van der Waals surface area contributed by atoms with Crippen molar-refractivity contribution >= 4 is 10.9 Å². The second kappa shape index (κ2) is 4.74. The van der Waals surface area contributed by atoms with Gasteiger partial charge in [-0.2, -0.15) is 0 Å². The maximum Gasteiger partial charge on any atom is 0.0489 e. The van der Waals surface area contributed by atoms with Crippen molar-refractivity contribution in [3.05, 3.63) is 48.2 Å². The molecule has 110 valence electrons. The molecule has 0 saturated carbocycles. The molecule has 2 aliphatic rings. The molecule has 1 aromatic carbocycles.